The van der Waals surface area contributed by atoms with E-state index in [9.17, 15) is 9.59 Å². The molecule has 1 aromatic carbocycles. The molecule has 0 saturated heterocycles. The first-order chi connectivity index (χ1) is 8.59. The van der Waals surface area contributed by atoms with E-state index in [1.54, 1.807) is 29.8 Å². The summed E-state index contributed by atoms with van der Waals surface area (Å²) in [4.78, 5) is 24.7. The number of halogens is 1. The minimum absolute atomic E-state index is 0. The zero-order valence-electron chi connectivity index (χ0n) is 10.4. The Kier molecular flexibility index (Phi) is 3.69. The highest BCUT2D eigenvalue weighted by atomic mass is 35.5. The Balaban J connectivity index is 0.00000133. The van der Waals surface area contributed by atoms with Crippen LogP contribution in [0.4, 0.5) is 0 Å². The van der Waals surface area contributed by atoms with Gasteiger partial charge >= 0.3 is 11.1 Å². The maximum Gasteiger partial charge on any atom is 0.421 e. The van der Waals surface area contributed by atoms with Crippen LogP contribution in [0.5, 0.6) is 0 Å². The fourth-order valence-electron chi connectivity index (χ4n) is 2.54. The van der Waals surface area contributed by atoms with Crippen LogP contribution in [0.2, 0.25) is 5.02 Å². The lowest BCUT2D eigenvalue weighted by atomic mass is 10.2. The van der Waals surface area contributed by atoms with Gasteiger partial charge in [0, 0.05) is 24.9 Å². The second-order valence-electron chi connectivity index (χ2n) is 4.53. The van der Waals surface area contributed by atoms with Gasteiger partial charge in [0.05, 0.1) is 5.52 Å². The topological polar surface area (TPSA) is 43.0 Å². The van der Waals surface area contributed by atoms with Gasteiger partial charge in [-0.05, 0) is 18.2 Å². The summed E-state index contributed by atoms with van der Waals surface area (Å²) < 4.78 is 3.12. The summed E-state index contributed by atoms with van der Waals surface area (Å²) in [6.45, 7) is 0.611. The predicted molar refractivity (Wildman–Crippen MR) is 79.4 cm³/mol. The van der Waals surface area contributed by atoms with Gasteiger partial charge in [0.25, 0.3) is 5.69 Å². The number of aromatic nitrogens is 2. The number of nitrogens with zero attached hydrogens (tertiary/aromatic N) is 2. The van der Waals surface area contributed by atoms with E-state index in [1.807, 2.05) is 0 Å². The Bertz CT molecular complexity index is 786. The smallest absolute Gasteiger partial charge is 0.306 e. The van der Waals surface area contributed by atoms with Gasteiger partial charge in [-0.2, -0.15) is 18.1 Å². The fraction of sp³-hybridized carbons (Fsp3) is 0.308. The second kappa shape index (κ2) is 4.98. The van der Waals surface area contributed by atoms with Gasteiger partial charge in [-0.3, -0.25) is 4.79 Å². The van der Waals surface area contributed by atoms with E-state index in [4.69, 9.17) is 11.6 Å². The Morgan fingerprint density at radius 1 is 1.32 bits per heavy atom. The van der Waals surface area contributed by atoms with Crippen molar-refractivity contribution in [3.63, 3.8) is 0 Å². The third-order valence-electron chi connectivity index (χ3n) is 3.47. The Morgan fingerprint density at radius 3 is 2.79 bits per heavy atom. The molecule has 19 heavy (non-hydrogen) atoms. The lowest BCUT2D eigenvalue weighted by Gasteiger charge is -1.97. The number of fused-ring (bicyclic) bond motifs is 2. The lowest BCUT2D eigenvalue weighted by molar-refractivity contribution is -0.703. The Morgan fingerprint density at radius 2 is 2.05 bits per heavy atom. The van der Waals surface area contributed by atoms with Crippen LogP contribution >= 0.6 is 25.1 Å². The summed E-state index contributed by atoms with van der Waals surface area (Å²) in [5, 5.41) is 1.00. The van der Waals surface area contributed by atoms with E-state index in [0.29, 0.717) is 34.6 Å². The molecule has 0 N–H and O–H groups in total. The molecular weight excluding hydrogens is 284 g/mol. The number of benzene rings is 1. The third-order valence-corrected chi connectivity index (χ3v) is 3.70. The first-order valence-electron chi connectivity index (χ1n) is 5.85. The maximum atomic E-state index is 12.4. The first-order valence-corrected chi connectivity index (χ1v) is 6.22. The molecule has 2 heterocycles. The lowest BCUT2D eigenvalue weighted by Crippen LogP contribution is -2.50. The summed E-state index contributed by atoms with van der Waals surface area (Å²) in [6.07, 6.45) is 1.51. The van der Waals surface area contributed by atoms with Gasteiger partial charge in [-0.15, -0.1) is 0 Å². The van der Waals surface area contributed by atoms with Gasteiger partial charge in [0.15, 0.2) is 6.54 Å². The summed E-state index contributed by atoms with van der Waals surface area (Å²) in [6, 6.07) is 5.04. The number of aryl methyl sites for hydroxylation is 1. The Hall–Kier alpha value is -1.33. The molecule has 0 fully saturated rings. The Labute approximate surface area is 121 Å². The molecule has 1 aliphatic heterocycles. The highest BCUT2D eigenvalue weighted by molar-refractivity contribution is 7.59. The minimum atomic E-state index is -0.127. The number of rotatable bonds is 0. The van der Waals surface area contributed by atoms with Crippen LogP contribution in [0.25, 0.3) is 10.9 Å². The average molecular weight is 298 g/mol. The third kappa shape index (κ3) is 2.07. The highest BCUT2D eigenvalue weighted by Gasteiger charge is 2.27. The van der Waals surface area contributed by atoms with E-state index < -0.39 is 0 Å². The van der Waals surface area contributed by atoms with Crippen LogP contribution in [0.1, 0.15) is 12.1 Å². The first kappa shape index (κ1) is 14.1. The molecule has 0 unspecified atom stereocenters. The van der Waals surface area contributed by atoms with Crippen LogP contribution in [-0.4, -0.2) is 4.57 Å². The maximum absolute atomic E-state index is 12.4. The molecule has 0 aliphatic carbocycles. The van der Waals surface area contributed by atoms with Gasteiger partial charge in [0.2, 0.25) is 0 Å². The summed E-state index contributed by atoms with van der Waals surface area (Å²) in [5.41, 5.74) is 0.991. The van der Waals surface area contributed by atoms with Gasteiger partial charge in [-0.1, -0.05) is 11.6 Å². The van der Waals surface area contributed by atoms with Crippen LogP contribution < -0.4 is 15.7 Å². The van der Waals surface area contributed by atoms with Crippen molar-refractivity contribution in [2.24, 2.45) is 7.05 Å². The van der Waals surface area contributed by atoms with Crippen molar-refractivity contribution in [3.05, 3.63) is 49.6 Å². The predicted octanol–water partition coefficient (Wildman–Crippen LogP) is 0.899. The van der Waals surface area contributed by atoms with Crippen LogP contribution in [0.3, 0.4) is 0 Å². The molecule has 0 atom stereocenters. The van der Waals surface area contributed by atoms with E-state index in [1.165, 1.54) is 4.57 Å². The highest BCUT2D eigenvalue weighted by Crippen LogP contribution is 2.14. The molecule has 4 nitrogen and oxygen atoms in total. The van der Waals surface area contributed by atoms with E-state index in [-0.39, 0.29) is 24.6 Å². The normalized spacial score (nSPS) is 13.2. The fourth-order valence-corrected chi connectivity index (χ4v) is 2.71. The van der Waals surface area contributed by atoms with Crippen LogP contribution in [-0.2, 0) is 20.0 Å². The zero-order valence-corrected chi connectivity index (χ0v) is 12.2. The van der Waals surface area contributed by atoms with Crippen molar-refractivity contribution in [2.45, 2.75) is 19.4 Å². The van der Waals surface area contributed by atoms with E-state index >= 15 is 0 Å². The van der Waals surface area contributed by atoms with Crippen molar-refractivity contribution in [1.29, 1.82) is 0 Å². The summed E-state index contributed by atoms with van der Waals surface area (Å²) in [7, 11) is 1.69. The standard InChI is InChI=1S/C13H12ClN2O2.H2S/c1-15-10-5-4-8(14)7-9(10)12(17)16-6-2-3-11(16)13(15)18;/h4-5,7H,2-3,6H2,1H3;1H2/q+1;. The SMILES string of the molecule is Cn1c(=O)c2[n+](c(=O)c3cc(Cl)ccc31)CCC2.S. The van der Waals surface area contributed by atoms with E-state index in [0.717, 1.165) is 6.42 Å². The van der Waals surface area contributed by atoms with Crippen molar-refractivity contribution in [1.82, 2.24) is 4.57 Å². The molecule has 2 aromatic rings. The molecule has 6 heteroatoms. The average Bonchev–Trinajstić information content (AvgIpc) is 2.82. The van der Waals surface area contributed by atoms with Crippen LogP contribution in [0, 0.1) is 0 Å². The largest absolute Gasteiger partial charge is 0.421 e. The summed E-state index contributed by atoms with van der Waals surface area (Å²) >= 11 is 5.94. The molecule has 0 amide bonds. The van der Waals surface area contributed by atoms with E-state index in [2.05, 4.69) is 0 Å². The molecule has 100 valence electrons. The number of hydrogen-bond acceptors (Lipinski definition) is 2. The quantitative estimate of drug-likeness (QED) is 0.678. The monoisotopic (exact) mass is 297 g/mol. The molecule has 0 bridgehead atoms. The van der Waals surface area contributed by atoms with Crippen molar-refractivity contribution >= 4 is 36.0 Å². The van der Waals surface area contributed by atoms with Crippen LogP contribution in [0.15, 0.2) is 27.8 Å². The van der Waals surface area contributed by atoms with Gasteiger partial charge < -0.3 is 4.57 Å². The molecule has 0 radical (unpaired) electrons. The second-order valence-corrected chi connectivity index (χ2v) is 4.97. The minimum Gasteiger partial charge on any atom is -0.306 e. The van der Waals surface area contributed by atoms with Gasteiger partial charge in [0.1, 0.15) is 5.39 Å². The summed E-state index contributed by atoms with van der Waals surface area (Å²) in [5.74, 6) is 0. The van der Waals surface area contributed by atoms with Crippen molar-refractivity contribution in [2.75, 3.05) is 0 Å². The molecular formula is C13H14ClN2O2S+. The van der Waals surface area contributed by atoms with Crippen molar-refractivity contribution < 1.29 is 4.57 Å². The molecule has 3 rings (SSSR count). The molecule has 1 aliphatic rings. The number of hydrogen-bond donors (Lipinski definition) is 0. The van der Waals surface area contributed by atoms with Crippen molar-refractivity contribution in [3.8, 4) is 0 Å². The molecule has 0 saturated carbocycles. The zero-order chi connectivity index (χ0) is 12.9. The molecule has 1 aromatic heterocycles. The molecule has 0 spiro atoms. The van der Waals surface area contributed by atoms with Gasteiger partial charge in [-0.25, -0.2) is 4.79 Å².